The molecule has 1 amide bonds. The maximum absolute atomic E-state index is 11.6. The first-order valence-electron chi connectivity index (χ1n) is 7.12. The number of aromatic nitrogens is 2. The Bertz CT molecular complexity index is 823. The van der Waals surface area contributed by atoms with Crippen molar-refractivity contribution in [2.75, 3.05) is 0 Å². The minimum Gasteiger partial charge on any atom is -0.366 e. The van der Waals surface area contributed by atoms with Crippen LogP contribution in [-0.4, -0.2) is 27.0 Å². The summed E-state index contributed by atoms with van der Waals surface area (Å²) in [6, 6.07) is 5.39. The largest absolute Gasteiger partial charge is 0.366 e. The first-order chi connectivity index (χ1) is 10.1. The molecule has 1 aromatic carbocycles. The van der Waals surface area contributed by atoms with Gasteiger partial charge in [0.25, 0.3) is 5.91 Å². The quantitative estimate of drug-likeness (QED) is 0.724. The van der Waals surface area contributed by atoms with E-state index in [2.05, 4.69) is 58.9 Å². The Morgan fingerprint density at radius 2 is 1.87 bits per heavy atom. The molecule has 0 atom stereocenters. The number of carbonyl (C=O) groups is 1. The van der Waals surface area contributed by atoms with Gasteiger partial charge in [-0.15, -0.1) is 12.4 Å². The minimum absolute atomic E-state index is 0. The third-order valence-corrected chi connectivity index (χ3v) is 5.42. The van der Waals surface area contributed by atoms with Gasteiger partial charge in [0, 0.05) is 21.1 Å². The number of primary amides is 1. The summed E-state index contributed by atoms with van der Waals surface area (Å²) < 4.78 is 1.06. The second-order valence-corrected chi connectivity index (χ2v) is 7.51. The summed E-state index contributed by atoms with van der Waals surface area (Å²) in [6.45, 7) is 8.45. The fraction of sp³-hybridized carbons (Fsp3) is 0.375. The van der Waals surface area contributed by atoms with Crippen LogP contribution < -0.4 is 11.1 Å². The van der Waals surface area contributed by atoms with Crippen LogP contribution in [0.15, 0.2) is 22.7 Å². The highest BCUT2D eigenvalue weighted by Gasteiger charge is 2.44. The molecule has 0 saturated carbocycles. The lowest BCUT2D eigenvalue weighted by Crippen LogP contribution is -2.46. The zero-order chi connectivity index (χ0) is 16.3. The number of fused-ring (bicyclic) bond motifs is 1. The minimum atomic E-state index is -0.471. The number of para-hydroxylation sites is 1. The van der Waals surface area contributed by atoms with Crippen LogP contribution >= 0.6 is 28.3 Å². The number of halogens is 2. The van der Waals surface area contributed by atoms with E-state index in [1.54, 1.807) is 12.1 Å². The molecule has 1 aliphatic rings. The van der Waals surface area contributed by atoms with E-state index in [0.717, 1.165) is 21.4 Å². The van der Waals surface area contributed by atoms with E-state index in [1.165, 1.54) is 0 Å². The average Bonchev–Trinajstić information content (AvgIpc) is 2.85. The van der Waals surface area contributed by atoms with Gasteiger partial charge in [0.1, 0.15) is 11.3 Å². The molecule has 5 nitrogen and oxygen atoms in total. The number of carbonyl (C=O) groups excluding carboxylic acids is 1. The number of H-pyrrole nitrogens is 1. The number of aromatic amines is 1. The van der Waals surface area contributed by atoms with E-state index in [0.29, 0.717) is 11.1 Å². The number of amides is 1. The van der Waals surface area contributed by atoms with Gasteiger partial charge in [-0.3, -0.25) is 10.1 Å². The van der Waals surface area contributed by atoms with Crippen molar-refractivity contribution in [2.45, 2.75) is 38.8 Å². The Kier molecular flexibility index (Phi) is 4.39. The van der Waals surface area contributed by atoms with Crippen LogP contribution in [0, 0.1) is 0 Å². The van der Waals surface area contributed by atoms with Gasteiger partial charge < -0.3 is 10.7 Å². The molecule has 4 N–H and O–H groups in total. The van der Waals surface area contributed by atoms with Gasteiger partial charge in [-0.2, -0.15) is 0 Å². The summed E-state index contributed by atoms with van der Waals surface area (Å²) in [5, 5.41) is 3.58. The molecule has 0 bridgehead atoms. The fourth-order valence-corrected chi connectivity index (χ4v) is 4.02. The molecule has 0 fully saturated rings. The predicted octanol–water partition coefficient (Wildman–Crippen LogP) is 3.35. The normalized spacial score (nSPS) is 19.0. The van der Waals surface area contributed by atoms with E-state index in [4.69, 9.17) is 5.73 Å². The molecular formula is C16H20BrClN4O. The van der Waals surface area contributed by atoms with Crippen LogP contribution in [0.3, 0.4) is 0 Å². The Balaban J connectivity index is 0.00000192. The lowest BCUT2D eigenvalue weighted by atomic mass is 9.96. The van der Waals surface area contributed by atoms with Crippen LogP contribution in [0.1, 0.15) is 43.9 Å². The average molecular weight is 400 g/mol. The molecule has 0 saturated heterocycles. The number of rotatable bonds is 2. The molecule has 7 heteroatoms. The topological polar surface area (TPSA) is 83.8 Å². The Morgan fingerprint density at radius 1 is 1.22 bits per heavy atom. The molecule has 0 spiro atoms. The third-order valence-electron chi connectivity index (χ3n) is 4.03. The van der Waals surface area contributed by atoms with E-state index in [9.17, 15) is 4.79 Å². The van der Waals surface area contributed by atoms with Crippen LogP contribution in [-0.2, 0) is 0 Å². The van der Waals surface area contributed by atoms with Gasteiger partial charge in [0.2, 0.25) is 0 Å². The van der Waals surface area contributed by atoms with Gasteiger partial charge in [0.15, 0.2) is 0 Å². The summed E-state index contributed by atoms with van der Waals surface area (Å²) in [6.07, 6.45) is 0. The fourth-order valence-electron chi connectivity index (χ4n) is 3.23. The van der Waals surface area contributed by atoms with Crippen molar-refractivity contribution in [2.24, 2.45) is 5.73 Å². The smallest absolute Gasteiger partial charge is 0.250 e. The van der Waals surface area contributed by atoms with Gasteiger partial charge >= 0.3 is 0 Å². The van der Waals surface area contributed by atoms with E-state index >= 15 is 0 Å². The molecule has 1 aliphatic heterocycles. The Morgan fingerprint density at radius 3 is 2.39 bits per heavy atom. The summed E-state index contributed by atoms with van der Waals surface area (Å²) in [7, 11) is 0. The van der Waals surface area contributed by atoms with Crippen LogP contribution in [0.25, 0.3) is 16.6 Å². The number of benzene rings is 1. The standard InChI is InChI=1S/C16H19BrN4O.ClH/c1-15(2)10(12(17)16(3,4)21-15)14-19-9-7-5-6-8(13(18)22)11(9)20-14;/h5-7,21H,1-4H3,(H2,18,22)(H,19,20);1H. The summed E-state index contributed by atoms with van der Waals surface area (Å²) in [5.41, 5.74) is 7.92. The van der Waals surface area contributed by atoms with Crippen molar-refractivity contribution < 1.29 is 4.79 Å². The molecule has 0 radical (unpaired) electrons. The van der Waals surface area contributed by atoms with Crippen LogP contribution in [0.4, 0.5) is 0 Å². The SMILES string of the molecule is CC1(C)NC(C)(C)C(c2nc3c(C(N)=O)cccc3[nH]2)=C1Br.Cl. The summed E-state index contributed by atoms with van der Waals surface area (Å²) in [5.74, 6) is 0.277. The Hall–Kier alpha value is -1.37. The van der Waals surface area contributed by atoms with E-state index in [-0.39, 0.29) is 23.5 Å². The number of hydrogen-bond acceptors (Lipinski definition) is 3. The summed E-state index contributed by atoms with van der Waals surface area (Å²) in [4.78, 5) is 19.5. The van der Waals surface area contributed by atoms with Crippen molar-refractivity contribution >= 4 is 50.9 Å². The Labute approximate surface area is 149 Å². The molecule has 0 aliphatic carbocycles. The second-order valence-electron chi connectivity index (χ2n) is 6.72. The number of nitrogens with one attached hydrogen (secondary N) is 2. The highest BCUT2D eigenvalue weighted by Crippen LogP contribution is 2.44. The van der Waals surface area contributed by atoms with Crippen molar-refractivity contribution in [1.82, 2.24) is 15.3 Å². The van der Waals surface area contributed by atoms with Crippen molar-refractivity contribution in [3.8, 4) is 0 Å². The lowest BCUT2D eigenvalue weighted by Gasteiger charge is -2.27. The number of nitrogens with two attached hydrogens (primary N) is 1. The van der Waals surface area contributed by atoms with Crippen molar-refractivity contribution in [3.05, 3.63) is 34.1 Å². The third kappa shape index (κ3) is 2.79. The highest BCUT2D eigenvalue weighted by atomic mass is 79.9. The molecule has 3 rings (SSSR count). The van der Waals surface area contributed by atoms with E-state index in [1.807, 2.05) is 6.07 Å². The highest BCUT2D eigenvalue weighted by molar-refractivity contribution is 9.12. The van der Waals surface area contributed by atoms with E-state index < -0.39 is 5.91 Å². The number of hydrogen-bond donors (Lipinski definition) is 3. The maximum Gasteiger partial charge on any atom is 0.250 e. The van der Waals surface area contributed by atoms with Gasteiger partial charge in [0.05, 0.1) is 11.1 Å². The predicted molar refractivity (Wildman–Crippen MR) is 99.0 cm³/mol. The molecule has 2 heterocycles. The second kappa shape index (κ2) is 5.61. The summed E-state index contributed by atoms with van der Waals surface area (Å²) >= 11 is 3.71. The lowest BCUT2D eigenvalue weighted by molar-refractivity contribution is 0.100. The van der Waals surface area contributed by atoms with Gasteiger partial charge in [-0.05, 0) is 39.8 Å². The van der Waals surface area contributed by atoms with Crippen molar-refractivity contribution in [3.63, 3.8) is 0 Å². The van der Waals surface area contributed by atoms with Gasteiger partial charge in [-0.25, -0.2) is 4.98 Å². The van der Waals surface area contributed by atoms with Crippen LogP contribution in [0.5, 0.6) is 0 Å². The first-order valence-corrected chi connectivity index (χ1v) is 7.92. The molecular weight excluding hydrogens is 380 g/mol. The maximum atomic E-state index is 11.6. The molecule has 2 aromatic rings. The number of imidazole rings is 1. The molecule has 124 valence electrons. The van der Waals surface area contributed by atoms with Crippen LogP contribution in [0.2, 0.25) is 0 Å². The molecule has 1 aromatic heterocycles. The molecule has 0 unspecified atom stereocenters. The number of nitrogens with zero attached hydrogens (tertiary/aromatic N) is 1. The van der Waals surface area contributed by atoms with Crippen molar-refractivity contribution in [1.29, 1.82) is 0 Å². The zero-order valence-electron chi connectivity index (χ0n) is 13.5. The zero-order valence-corrected chi connectivity index (χ0v) is 15.9. The monoisotopic (exact) mass is 398 g/mol. The first kappa shape index (κ1) is 18.0. The van der Waals surface area contributed by atoms with Gasteiger partial charge in [-0.1, -0.05) is 22.0 Å². The molecule has 23 heavy (non-hydrogen) atoms.